The number of nitrogens with one attached hydrogen (secondary N) is 1. The molecule has 3 N–H and O–H groups in total. The number of primary amides is 1. The third-order valence-corrected chi connectivity index (χ3v) is 7.65. The van der Waals surface area contributed by atoms with Crippen LogP contribution in [-0.2, 0) is 12.8 Å². The molecule has 1 aliphatic rings. The molecule has 2 aromatic rings. The molecule has 0 saturated carbocycles. The number of thiophene rings is 1. The van der Waals surface area contributed by atoms with Crippen molar-refractivity contribution in [2.75, 3.05) is 5.32 Å². The maximum absolute atomic E-state index is 12.7. The van der Waals surface area contributed by atoms with E-state index in [-0.39, 0.29) is 21.7 Å². The van der Waals surface area contributed by atoms with Crippen LogP contribution in [0.5, 0.6) is 0 Å². The number of fused-ring (bicyclic) bond motifs is 1. The van der Waals surface area contributed by atoms with E-state index in [4.69, 9.17) is 17.3 Å². The summed E-state index contributed by atoms with van der Waals surface area (Å²) in [6.45, 7) is 6.68. The predicted octanol–water partition coefficient (Wildman–Crippen LogP) is 5.20. The van der Waals surface area contributed by atoms with Gasteiger partial charge in [-0.1, -0.05) is 38.8 Å². The van der Waals surface area contributed by atoms with Gasteiger partial charge in [0.2, 0.25) is 0 Å². The number of nitro benzene ring substituents is 1. The topological polar surface area (TPSA) is 115 Å². The van der Waals surface area contributed by atoms with Crippen molar-refractivity contribution in [3.05, 3.63) is 54.9 Å². The normalized spacial score (nSPS) is 16.1. The number of nitrogens with zero attached hydrogens (tertiary/aromatic N) is 1. The van der Waals surface area contributed by atoms with Crippen molar-refractivity contribution in [1.82, 2.24) is 0 Å². The number of amides is 2. The van der Waals surface area contributed by atoms with Gasteiger partial charge in [0.15, 0.2) is 0 Å². The molecule has 0 fully saturated rings. The lowest BCUT2D eigenvalue weighted by Crippen LogP contribution is -2.29. The predicted molar refractivity (Wildman–Crippen MR) is 118 cm³/mol. The molecular weight excluding hydrogens is 426 g/mol. The smallest absolute Gasteiger partial charge is 0.288 e. The van der Waals surface area contributed by atoms with Crippen LogP contribution in [0.3, 0.4) is 0 Å². The lowest BCUT2D eigenvalue weighted by atomic mass is 9.69. The Kier molecular flexibility index (Phi) is 6.19. The van der Waals surface area contributed by atoms with Crippen LogP contribution < -0.4 is 11.1 Å². The first-order valence-corrected chi connectivity index (χ1v) is 10.9. The van der Waals surface area contributed by atoms with Crippen molar-refractivity contribution in [1.29, 1.82) is 0 Å². The van der Waals surface area contributed by atoms with Crippen LogP contribution >= 0.6 is 22.9 Å². The number of anilines is 1. The maximum atomic E-state index is 12.7. The molecule has 9 heteroatoms. The second kappa shape index (κ2) is 8.35. The van der Waals surface area contributed by atoms with E-state index in [1.54, 1.807) is 0 Å². The molecule has 0 spiro atoms. The van der Waals surface area contributed by atoms with Gasteiger partial charge in [0.05, 0.1) is 10.5 Å². The Morgan fingerprint density at radius 2 is 2.10 bits per heavy atom. The fourth-order valence-corrected chi connectivity index (χ4v) is 5.37. The number of carbonyl (C=O) groups is 2. The van der Waals surface area contributed by atoms with E-state index in [0.717, 1.165) is 42.2 Å². The van der Waals surface area contributed by atoms with Crippen LogP contribution in [0, 0.1) is 21.4 Å². The summed E-state index contributed by atoms with van der Waals surface area (Å²) in [4.78, 5) is 36.4. The van der Waals surface area contributed by atoms with Crippen LogP contribution in [0.2, 0.25) is 5.02 Å². The molecule has 2 amide bonds. The molecule has 1 aromatic carbocycles. The molecule has 3 rings (SSSR count). The summed E-state index contributed by atoms with van der Waals surface area (Å²) in [5.41, 5.74) is 6.80. The standard InChI is InChI=1S/C21H24ClN3O4S/c1-4-21(2,3)12-6-7-13-16(10-12)30-20(17(13)18(23)26)24-19(27)11-5-8-14(22)15(9-11)25(28)29/h5,8-9,12H,4,6-7,10H2,1-3H3,(H2,23,26)(H,24,27). The molecular formula is C21H24ClN3O4S. The summed E-state index contributed by atoms with van der Waals surface area (Å²) in [7, 11) is 0. The van der Waals surface area contributed by atoms with Crippen molar-refractivity contribution in [3.63, 3.8) is 0 Å². The number of nitrogens with two attached hydrogens (primary N) is 1. The van der Waals surface area contributed by atoms with E-state index in [2.05, 4.69) is 26.1 Å². The molecule has 1 unspecified atom stereocenters. The summed E-state index contributed by atoms with van der Waals surface area (Å²) >= 11 is 7.19. The summed E-state index contributed by atoms with van der Waals surface area (Å²) < 4.78 is 0. The van der Waals surface area contributed by atoms with Gasteiger partial charge in [-0.05, 0) is 48.3 Å². The van der Waals surface area contributed by atoms with Crippen LogP contribution in [0.25, 0.3) is 0 Å². The number of carbonyl (C=O) groups excluding carboxylic acids is 2. The van der Waals surface area contributed by atoms with Gasteiger partial charge in [-0.3, -0.25) is 19.7 Å². The zero-order valence-corrected chi connectivity index (χ0v) is 18.7. The fraction of sp³-hybridized carbons (Fsp3) is 0.429. The third kappa shape index (κ3) is 4.20. The van der Waals surface area contributed by atoms with Crippen molar-refractivity contribution < 1.29 is 14.5 Å². The Hall–Kier alpha value is -2.45. The van der Waals surface area contributed by atoms with Gasteiger partial charge in [0.1, 0.15) is 10.0 Å². The highest BCUT2D eigenvalue weighted by atomic mass is 35.5. The van der Waals surface area contributed by atoms with Crippen LogP contribution in [0.15, 0.2) is 18.2 Å². The summed E-state index contributed by atoms with van der Waals surface area (Å²) in [5, 5.41) is 14.2. The molecule has 0 bridgehead atoms. The number of nitro groups is 1. The third-order valence-electron chi connectivity index (χ3n) is 6.16. The van der Waals surface area contributed by atoms with E-state index >= 15 is 0 Å². The van der Waals surface area contributed by atoms with E-state index in [0.29, 0.717) is 16.5 Å². The first kappa shape index (κ1) is 22.2. The van der Waals surface area contributed by atoms with Crippen molar-refractivity contribution in [2.45, 2.75) is 46.5 Å². The Morgan fingerprint density at radius 1 is 1.40 bits per heavy atom. The quantitative estimate of drug-likeness (QED) is 0.465. The monoisotopic (exact) mass is 449 g/mol. The minimum atomic E-state index is -0.645. The van der Waals surface area contributed by atoms with E-state index < -0.39 is 16.7 Å². The first-order chi connectivity index (χ1) is 14.0. The van der Waals surface area contributed by atoms with Crippen LogP contribution in [-0.4, -0.2) is 16.7 Å². The average Bonchev–Trinajstić information content (AvgIpc) is 3.05. The number of hydrogen-bond donors (Lipinski definition) is 2. The Balaban J connectivity index is 1.92. The van der Waals surface area contributed by atoms with E-state index in [1.165, 1.54) is 23.5 Å². The van der Waals surface area contributed by atoms with Gasteiger partial charge in [0.25, 0.3) is 17.5 Å². The summed E-state index contributed by atoms with van der Waals surface area (Å²) in [6, 6.07) is 3.83. The first-order valence-electron chi connectivity index (χ1n) is 9.74. The molecule has 7 nitrogen and oxygen atoms in total. The molecule has 0 saturated heterocycles. The molecule has 1 aromatic heterocycles. The molecule has 0 aliphatic heterocycles. The average molecular weight is 450 g/mol. The number of halogens is 1. The summed E-state index contributed by atoms with van der Waals surface area (Å²) in [6.07, 6.45) is 3.59. The Bertz CT molecular complexity index is 1030. The van der Waals surface area contributed by atoms with Crippen LogP contribution in [0.4, 0.5) is 10.7 Å². The zero-order chi connectivity index (χ0) is 22.2. The lowest BCUT2D eigenvalue weighted by molar-refractivity contribution is -0.384. The van der Waals surface area contributed by atoms with Gasteiger partial charge in [0, 0.05) is 16.5 Å². The number of hydrogen-bond acceptors (Lipinski definition) is 5. The fourth-order valence-electron chi connectivity index (χ4n) is 3.86. The van der Waals surface area contributed by atoms with Gasteiger partial charge >= 0.3 is 0 Å². The molecule has 160 valence electrons. The molecule has 1 aliphatic carbocycles. The largest absolute Gasteiger partial charge is 0.365 e. The highest BCUT2D eigenvalue weighted by Crippen LogP contribution is 2.45. The Morgan fingerprint density at radius 3 is 2.70 bits per heavy atom. The highest BCUT2D eigenvalue weighted by Gasteiger charge is 2.35. The summed E-state index contributed by atoms with van der Waals surface area (Å²) in [5.74, 6) is -0.656. The van der Waals surface area contributed by atoms with Crippen molar-refractivity contribution in [2.24, 2.45) is 17.1 Å². The zero-order valence-electron chi connectivity index (χ0n) is 17.1. The number of benzene rings is 1. The SMILES string of the molecule is CCC(C)(C)C1CCc2c(sc(NC(=O)c3ccc(Cl)c([N+](=O)[O-])c3)c2C(N)=O)C1. The molecule has 1 heterocycles. The van der Waals surface area contributed by atoms with Gasteiger partial charge in [-0.25, -0.2) is 0 Å². The Labute approximate surface area is 183 Å². The molecule has 0 radical (unpaired) electrons. The van der Waals surface area contributed by atoms with Gasteiger partial charge in [-0.15, -0.1) is 11.3 Å². The minimum absolute atomic E-state index is 0.0504. The second-order valence-electron chi connectivity index (χ2n) is 8.23. The van der Waals surface area contributed by atoms with Gasteiger partial charge < -0.3 is 11.1 Å². The van der Waals surface area contributed by atoms with E-state index in [1.807, 2.05) is 0 Å². The lowest BCUT2D eigenvalue weighted by Gasteiger charge is -2.36. The maximum Gasteiger partial charge on any atom is 0.288 e. The van der Waals surface area contributed by atoms with Crippen molar-refractivity contribution in [3.8, 4) is 0 Å². The second-order valence-corrected chi connectivity index (χ2v) is 9.74. The molecule has 1 atom stereocenters. The molecule has 30 heavy (non-hydrogen) atoms. The highest BCUT2D eigenvalue weighted by molar-refractivity contribution is 7.17. The van der Waals surface area contributed by atoms with Crippen LogP contribution in [0.1, 0.15) is 64.8 Å². The minimum Gasteiger partial charge on any atom is -0.365 e. The van der Waals surface area contributed by atoms with Crippen molar-refractivity contribution >= 4 is 45.4 Å². The number of rotatable bonds is 6. The van der Waals surface area contributed by atoms with Gasteiger partial charge in [-0.2, -0.15) is 0 Å². The van der Waals surface area contributed by atoms with E-state index in [9.17, 15) is 19.7 Å².